The zero-order valence-corrected chi connectivity index (χ0v) is 14.2. The fourth-order valence-corrected chi connectivity index (χ4v) is 2.53. The second kappa shape index (κ2) is 8.50. The Hall–Kier alpha value is -2.58. The number of carbonyl (C=O) groups excluding carboxylic acids is 1. The maximum Gasteiger partial charge on any atom is 0.249 e. The number of nitrogens with one attached hydrogen (secondary N) is 2. The molecule has 8 heteroatoms. The first kappa shape index (κ1) is 17.2. The fourth-order valence-electron chi connectivity index (χ4n) is 2.53. The summed E-state index contributed by atoms with van der Waals surface area (Å²) in [6.07, 6.45) is 1.60. The Morgan fingerprint density at radius 1 is 1.24 bits per heavy atom. The van der Waals surface area contributed by atoms with Gasteiger partial charge in [-0.1, -0.05) is 0 Å². The van der Waals surface area contributed by atoms with Gasteiger partial charge in [-0.3, -0.25) is 9.69 Å². The van der Waals surface area contributed by atoms with Crippen LogP contribution in [0.4, 0.5) is 17.5 Å². The van der Waals surface area contributed by atoms with Crippen LogP contribution in [0.3, 0.4) is 0 Å². The summed E-state index contributed by atoms with van der Waals surface area (Å²) in [5.41, 5.74) is 1.47. The van der Waals surface area contributed by atoms with E-state index in [-0.39, 0.29) is 5.78 Å². The minimum Gasteiger partial charge on any atom is -0.379 e. The predicted octanol–water partition coefficient (Wildman–Crippen LogP) is 1.56. The highest BCUT2D eigenvalue weighted by Gasteiger charge is 2.09. The molecule has 1 aliphatic heterocycles. The molecule has 3 rings (SSSR count). The summed E-state index contributed by atoms with van der Waals surface area (Å²) in [6, 6.07) is 7.17. The van der Waals surface area contributed by atoms with Crippen molar-refractivity contribution in [2.75, 3.05) is 50.0 Å². The molecule has 2 N–H and O–H groups in total. The first-order valence-electron chi connectivity index (χ1n) is 8.32. The third-order valence-electron chi connectivity index (χ3n) is 3.94. The third-order valence-corrected chi connectivity index (χ3v) is 3.94. The van der Waals surface area contributed by atoms with E-state index in [4.69, 9.17) is 4.74 Å². The molecule has 2 aromatic rings. The summed E-state index contributed by atoms with van der Waals surface area (Å²) in [4.78, 5) is 18.1. The molecule has 1 fully saturated rings. The van der Waals surface area contributed by atoms with Crippen molar-refractivity contribution in [1.82, 2.24) is 20.1 Å². The Kier molecular flexibility index (Phi) is 5.86. The van der Waals surface area contributed by atoms with Crippen molar-refractivity contribution in [3.8, 4) is 0 Å². The number of ketones is 1. The molecule has 2 heterocycles. The lowest BCUT2D eigenvalue weighted by atomic mass is 10.1. The van der Waals surface area contributed by atoms with Crippen LogP contribution in [0.1, 0.15) is 17.3 Å². The molecule has 1 aromatic carbocycles. The van der Waals surface area contributed by atoms with Crippen LogP contribution in [-0.4, -0.2) is 65.3 Å². The van der Waals surface area contributed by atoms with Gasteiger partial charge in [0.25, 0.3) is 0 Å². The van der Waals surface area contributed by atoms with E-state index in [1.807, 2.05) is 12.1 Å². The Bertz CT molecular complexity index is 701. The molecular weight excluding hydrogens is 320 g/mol. The average molecular weight is 342 g/mol. The van der Waals surface area contributed by atoms with Gasteiger partial charge in [0.05, 0.1) is 19.4 Å². The summed E-state index contributed by atoms with van der Waals surface area (Å²) in [5, 5.41) is 14.3. The van der Waals surface area contributed by atoms with Gasteiger partial charge in [-0.25, -0.2) is 0 Å². The van der Waals surface area contributed by atoms with E-state index in [0.29, 0.717) is 17.3 Å². The van der Waals surface area contributed by atoms with Crippen molar-refractivity contribution in [2.24, 2.45) is 0 Å². The molecular formula is C17H22N6O2. The number of hydrogen-bond donors (Lipinski definition) is 2. The molecule has 1 aliphatic rings. The maximum absolute atomic E-state index is 11.3. The Morgan fingerprint density at radius 2 is 2.00 bits per heavy atom. The molecule has 0 aliphatic carbocycles. The quantitative estimate of drug-likeness (QED) is 0.733. The van der Waals surface area contributed by atoms with Gasteiger partial charge in [0.1, 0.15) is 0 Å². The van der Waals surface area contributed by atoms with Crippen molar-refractivity contribution in [2.45, 2.75) is 6.92 Å². The number of aromatic nitrogens is 3. The highest BCUT2D eigenvalue weighted by Crippen LogP contribution is 2.14. The van der Waals surface area contributed by atoms with E-state index < -0.39 is 0 Å². The number of Topliss-reactive ketones (excluding diaryl/α,β-unsaturated/α-hetero) is 1. The maximum atomic E-state index is 11.3. The zero-order valence-electron chi connectivity index (χ0n) is 14.2. The molecule has 0 radical (unpaired) electrons. The fraction of sp³-hybridized carbons (Fsp3) is 0.412. The Balaban J connectivity index is 1.52. The van der Waals surface area contributed by atoms with Crippen LogP contribution in [0, 0.1) is 0 Å². The van der Waals surface area contributed by atoms with Gasteiger partial charge in [-0.2, -0.15) is 10.1 Å². The van der Waals surface area contributed by atoms with Gasteiger partial charge >= 0.3 is 0 Å². The summed E-state index contributed by atoms with van der Waals surface area (Å²) >= 11 is 0. The molecule has 0 bridgehead atoms. The number of nitrogens with zero attached hydrogens (tertiary/aromatic N) is 4. The number of rotatable bonds is 7. The Labute approximate surface area is 146 Å². The second-order valence-electron chi connectivity index (χ2n) is 5.80. The number of carbonyl (C=O) groups is 1. The van der Waals surface area contributed by atoms with Crippen LogP contribution in [0.25, 0.3) is 0 Å². The number of benzene rings is 1. The molecule has 0 unspecified atom stereocenters. The van der Waals surface area contributed by atoms with E-state index >= 15 is 0 Å². The largest absolute Gasteiger partial charge is 0.379 e. The van der Waals surface area contributed by atoms with Gasteiger partial charge < -0.3 is 15.4 Å². The smallest absolute Gasteiger partial charge is 0.249 e. The number of ether oxygens (including phenoxy) is 1. The van der Waals surface area contributed by atoms with Crippen LogP contribution >= 0.6 is 0 Å². The van der Waals surface area contributed by atoms with Crippen LogP contribution in [0.15, 0.2) is 30.5 Å². The van der Waals surface area contributed by atoms with Gasteiger partial charge in [0.15, 0.2) is 11.6 Å². The zero-order chi connectivity index (χ0) is 17.5. The molecule has 132 valence electrons. The van der Waals surface area contributed by atoms with Crippen LogP contribution < -0.4 is 10.6 Å². The van der Waals surface area contributed by atoms with Crippen molar-refractivity contribution < 1.29 is 9.53 Å². The molecule has 0 saturated carbocycles. The molecule has 0 spiro atoms. The number of anilines is 3. The minimum atomic E-state index is 0.0379. The highest BCUT2D eigenvalue weighted by atomic mass is 16.5. The van der Waals surface area contributed by atoms with Crippen molar-refractivity contribution in [3.05, 3.63) is 36.0 Å². The average Bonchev–Trinajstić information content (AvgIpc) is 2.63. The van der Waals surface area contributed by atoms with Crippen molar-refractivity contribution in [1.29, 1.82) is 0 Å². The monoisotopic (exact) mass is 342 g/mol. The number of hydrogen-bond acceptors (Lipinski definition) is 8. The number of morpholine rings is 1. The van der Waals surface area contributed by atoms with Gasteiger partial charge in [0, 0.05) is 37.4 Å². The Morgan fingerprint density at radius 3 is 2.72 bits per heavy atom. The lowest BCUT2D eigenvalue weighted by Crippen LogP contribution is -2.39. The molecule has 8 nitrogen and oxygen atoms in total. The lowest BCUT2D eigenvalue weighted by Gasteiger charge is -2.26. The third kappa shape index (κ3) is 5.20. The molecule has 1 saturated heterocycles. The lowest BCUT2D eigenvalue weighted by molar-refractivity contribution is 0.0398. The molecule has 0 amide bonds. The van der Waals surface area contributed by atoms with Crippen molar-refractivity contribution in [3.63, 3.8) is 0 Å². The summed E-state index contributed by atoms with van der Waals surface area (Å²) < 4.78 is 5.34. The molecule has 1 aromatic heterocycles. The van der Waals surface area contributed by atoms with Gasteiger partial charge in [0.2, 0.25) is 5.95 Å². The highest BCUT2D eigenvalue weighted by molar-refractivity contribution is 5.94. The second-order valence-corrected chi connectivity index (χ2v) is 5.80. The SMILES string of the molecule is CC(=O)c1ccc(Nc2nncc(NCCN3CCOCC3)n2)cc1. The van der Waals surface area contributed by atoms with Crippen molar-refractivity contribution >= 4 is 23.2 Å². The van der Waals surface area contributed by atoms with Crippen LogP contribution in [0.2, 0.25) is 0 Å². The van der Waals surface area contributed by atoms with E-state index in [0.717, 1.165) is 45.1 Å². The standard InChI is InChI=1S/C17H22N6O2/c1-13(24)14-2-4-15(5-3-14)20-17-21-16(12-19-22-17)18-6-7-23-8-10-25-11-9-23/h2-5,12H,6-11H2,1H3,(H2,18,20,21,22). The topological polar surface area (TPSA) is 92.3 Å². The van der Waals surface area contributed by atoms with Crippen LogP contribution in [-0.2, 0) is 4.74 Å². The van der Waals surface area contributed by atoms with E-state index in [1.54, 1.807) is 25.3 Å². The van der Waals surface area contributed by atoms with E-state index in [2.05, 4.69) is 30.7 Å². The normalized spacial score (nSPS) is 14.9. The first-order valence-corrected chi connectivity index (χ1v) is 8.32. The minimum absolute atomic E-state index is 0.0379. The molecule has 0 atom stereocenters. The van der Waals surface area contributed by atoms with Crippen LogP contribution in [0.5, 0.6) is 0 Å². The summed E-state index contributed by atoms with van der Waals surface area (Å²) in [7, 11) is 0. The summed E-state index contributed by atoms with van der Waals surface area (Å²) in [5.74, 6) is 1.12. The van der Waals surface area contributed by atoms with E-state index in [9.17, 15) is 4.79 Å². The van der Waals surface area contributed by atoms with E-state index in [1.165, 1.54) is 0 Å². The predicted molar refractivity (Wildman–Crippen MR) is 95.3 cm³/mol. The van der Waals surface area contributed by atoms with Gasteiger partial charge in [-0.05, 0) is 31.2 Å². The van der Waals surface area contributed by atoms with Gasteiger partial charge in [-0.15, -0.1) is 5.10 Å². The first-order chi connectivity index (χ1) is 12.2. The molecule has 25 heavy (non-hydrogen) atoms. The summed E-state index contributed by atoms with van der Waals surface area (Å²) in [6.45, 7) is 6.78.